The second-order valence-electron chi connectivity index (χ2n) is 9.15. The summed E-state index contributed by atoms with van der Waals surface area (Å²) in [6.45, 7) is 5.13. The van der Waals surface area contributed by atoms with Crippen molar-refractivity contribution >= 4 is 15.9 Å². The fraction of sp³-hybridized carbons (Fsp3) is 0.480. The molecule has 2 heterocycles. The van der Waals surface area contributed by atoms with Gasteiger partial charge in [0.15, 0.2) is 0 Å². The van der Waals surface area contributed by atoms with E-state index >= 15 is 0 Å². The molecule has 0 spiro atoms. The van der Waals surface area contributed by atoms with E-state index in [9.17, 15) is 17.6 Å². The summed E-state index contributed by atoms with van der Waals surface area (Å²) in [5, 5.41) is 3.06. The van der Waals surface area contributed by atoms with Gasteiger partial charge < -0.3 is 10.2 Å². The number of sulfonamides is 1. The van der Waals surface area contributed by atoms with Gasteiger partial charge in [-0.1, -0.05) is 36.8 Å². The molecule has 1 N–H and O–H groups in total. The Morgan fingerprint density at radius 1 is 0.971 bits per heavy atom. The van der Waals surface area contributed by atoms with Gasteiger partial charge in [0.05, 0.1) is 6.04 Å². The van der Waals surface area contributed by atoms with Crippen LogP contribution < -0.4 is 5.32 Å². The summed E-state index contributed by atoms with van der Waals surface area (Å²) in [5.74, 6) is -1.25. The lowest BCUT2D eigenvalue weighted by atomic mass is 10.0. The van der Waals surface area contributed by atoms with Crippen LogP contribution in [0, 0.1) is 5.82 Å². The van der Waals surface area contributed by atoms with E-state index in [1.807, 2.05) is 30.3 Å². The summed E-state index contributed by atoms with van der Waals surface area (Å²) in [4.78, 5) is 17.4. The molecule has 2 aliphatic heterocycles. The van der Waals surface area contributed by atoms with Crippen molar-refractivity contribution in [2.75, 3.05) is 52.9 Å². The third-order valence-corrected chi connectivity index (χ3v) is 8.58. The first-order valence-electron chi connectivity index (χ1n) is 11.9. The maximum Gasteiger partial charge on any atom is 0.251 e. The molecule has 2 aliphatic rings. The Morgan fingerprint density at radius 2 is 1.65 bits per heavy atom. The molecule has 34 heavy (non-hydrogen) atoms. The minimum absolute atomic E-state index is 0.135. The number of hydrogen-bond donors (Lipinski definition) is 1. The summed E-state index contributed by atoms with van der Waals surface area (Å²) in [6, 6.07) is 13.0. The molecule has 0 aliphatic carbocycles. The van der Waals surface area contributed by atoms with Gasteiger partial charge in [-0.3, -0.25) is 9.69 Å². The maximum absolute atomic E-state index is 14.6. The molecule has 1 unspecified atom stereocenters. The second kappa shape index (κ2) is 10.9. The molecule has 0 bridgehead atoms. The third kappa shape index (κ3) is 5.83. The van der Waals surface area contributed by atoms with Crippen molar-refractivity contribution in [3.63, 3.8) is 0 Å². The highest BCUT2D eigenvalue weighted by Crippen LogP contribution is 2.24. The van der Waals surface area contributed by atoms with Gasteiger partial charge in [-0.05, 0) is 43.7 Å². The molecule has 2 saturated heterocycles. The minimum Gasteiger partial charge on any atom is -0.344 e. The first kappa shape index (κ1) is 24.8. The fourth-order valence-corrected chi connectivity index (χ4v) is 6.14. The molecule has 0 aromatic heterocycles. The molecule has 9 heteroatoms. The Balaban J connectivity index is 1.55. The zero-order valence-electron chi connectivity index (χ0n) is 19.6. The lowest BCUT2D eigenvalue weighted by molar-refractivity contribution is 0.0907. The van der Waals surface area contributed by atoms with Gasteiger partial charge in [0.2, 0.25) is 10.0 Å². The largest absolute Gasteiger partial charge is 0.344 e. The standard InChI is InChI=1S/C25H33FN4O3S/c1-28-14-16-29(17-15-28)19-23(20-8-4-2-5-9-20)27-25(31)21-10-11-22(26)24(18-21)34(32,33)30-12-6-3-7-13-30/h2,4-5,8-11,18,23H,3,6-7,12-17,19H2,1H3,(H,27,31). The lowest BCUT2D eigenvalue weighted by Gasteiger charge is -2.35. The number of hydrogen-bond acceptors (Lipinski definition) is 5. The molecule has 2 aromatic carbocycles. The van der Waals surface area contributed by atoms with Crippen LogP contribution in [0.15, 0.2) is 53.4 Å². The fourth-order valence-electron chi connectivity index (χ4n) is 4.54. The number of carbonyl (C=O) groups excluding carboxylic acids is 1. The zero-order chi connectivity index (χ0) is 24.1. The summed E-state index contributed by atoms with van der Waals surface area (Å²) < 4.78 is 42.0. The van der Waals surface area contributed by atoms with Gasteiger partial charge in [0, 0.05) is 51.4 Å². The number of amides is 1. The molecule has 2 aromatic rings. The van der Waals surface area contributed by atoms with Crippen molar-refractivity contribution in [2.45, 2.75) is 30.2 Å². The predicted octanol–water partition coefficient (Wildman–Crippen LogP) is 2.72. The monoisotopic (exact) mass is 488 g/mol. The smallest absolute Gasteiger partial charge is 0.251 e. The van der Waals surface area contributed by atoms with Crippen LogP contribution in [-0.4, -0.2) is 81.3 Å². The van der Waals surface area contributed by atoms with E-state index in [0.717, 1.165) is 57.1 Å². The van der Waals surface area contributed by atoms with Crippen LogP contribution >= 0.6 is 0 Å². The number of rotatable bonds is 7. The van der Waals surface area contributed by atoms with Gasteiger partial charge in [-0.15, -0.1) is 0 Å². The lowest BCUT2D eigenvalue weighted by Crippen LogP contribution is -2.47. The number of likely N-dealkylation sites (N-methyl/N-ethyl adjacent to an activating group) is 1. The van der Waals surface area contributed by atoms with Crippen LogP contribution in [0.5, 0.6) is 0 Å². The van der Waals surface area contributed by atoms with Crippen molar-refractivity contribution in [3.8, 4) is 0 Å². The number of piperazine rings is 1. The zero-order valence-corrected chi connectivity index (χ0v) is 20.4. The van der Waals surface area contributed by atoms with Gasteiger partial charge in [-0.25, -0.2) is 12.8 Å². The van der Waals surface area contributed by atoms with Crippen molar-refractivity contribution in [2.24, 2.45) is 0 Å². The van der Waals surface area contributed by atoms with E-state index in [4.69, 9.17) is 0 Å². The topological polar surface area (TPSA) is 73.0 Å². The Hall–Kier alpha value is -2.33. The van der Waals surface area contributed by atoms with E-state index in [-0.39, 0.29) is 11.6 Å². The molecule has 1 amide bonds. The van der Waals surface area contributed by atoms with E-state index in [1.54, 1.807) is 0 Å². The molecule has 7 nitrogen and oxygen atoms in total. The van der Waals surface area contributed by atoms with E-state index < -0.39 is 26.6 Å². The summed E-state index contributed by atoms with van der Waals surface area (Å²) >= 11 is 0. The number of nitrogens with one attached hydrogen (secondary N) is 1. The van der Waals surface area contributed by atoms with Crippen molar-refractivity contribution in [1.29, 1.82) is 0 Å². The van der Waals surface area contributed by atoms with Gasteiger partial charge in [-0.2, -0.15) is 4.31 Å². The van der Waals surface area contributed by atoms with E-state index in [1.165, 1.54) is 16.4 Å². The molecule has 4 rings (SSSR count). The van der Waals surface area contributed by atoms with Crippen LogP contribution in [0.3, 0.4) is 0 Å². The number of halogens is 1. The first-order chi connectivity index (χ1) is 16.3. The van der Waals surface area contributed by atoms with Crippen molar-refractivity contribution in [1.82, 2.24) is 19.4 Å². The Labute approximate surface area is 201 Å². The molecule has 2 fully saturated rings. The summed E-state index contributed by atoms with van der Waals surface area (Å²) in [7, 11) is -1.90. The highest BCUT2D eigenvalue weighted by molar-refractivity contribution is 7.89. The quantitative estimate of drug-likeness (QED) is 0.649. The Bertz CT molecular complexity index is 1080. The highest BCUT2D eigenvalue weighted by Gasteiger charge is 2.30. The Morgan fingerprint density at radius 3 is 2.32 bits per heavy atom. The molecular formula is C25H33FN4O3S. The molecule has 1 atom stereocenters. The Kier molecular flexibility index (Phi) is 7.98. The molecular weight excluding hydrogens is 455 g/mol. The van der Waals surface area contributed by atoms with Crippen molar-refractivity contribution in [3.05, 3.63) is 65.5 Å². The van der Waals surface area contributed by atoms with Crippen LogP contribution in [-0.2, 0) is 10.0 Å². The van der Waals surface area contributed by atoms with Crippen LogP contribution in [0.1, 0.15) is 41.2 Å². The number of carbonyl (C=O) groups is 1. The first-order valence-corrected chi connectivity index (χ1v) is 13.3. The summed E-state index contributed by atoms with van der Waals surface area (Å²) in [5.41, 5.74) is 1.11. The molecule has 0 radical (unpaired) electrons. The van der Waals surface area contributed by atoms with Crippen LogP contribution in [0.4, 0.5) is 4.39 Å². The average molecular weight is 489 g/mol. The third-order valence-electron chi connectivity index (χ3n) is 6.67. The van der Waals surface area contributed by atoms with Crippen LogP contribution in [0.25, 0.3) is 0 Å². The number of nitrogens with zero attached hydrogens (tertiary/aromatic N) is 3. The second-order valence-corrected chi connectivity index (χ2v) is 11.1. The highest BCUT2D eigenvalue weighted by atomic mass is 32.2. The number of piperidine rings is 1. The van der Waals surface area contributed by atoms with Gasteiger partial charge in [0.1, 0.15) is 10.7 Å². The summed E-state index contributed by atoms with van der Waals surface area (Å²) in [6.07, 6.45) is 2.48. The van der Waals surface area contributed by atoms with E-state index in [2.05, 4.69) is 22.2 Å². The maximum atomic E-state index is 14.6. The SMILES string of the molecule is CN1CCN(CC(NC(=O)c2ccc(F)c(S(=O)(=O)N3CCCCC3)c2)c2ccccc2)CC1. The average Bonchev–Trinajstić information content (AvgIpc) is 2.86. The van der Waals surface area contributed by atoms with E-state index in [0.29, 0.717) is 19.6 Å². The predicted molar refractivity (Wildman–Crippen MR) is 130 cm³/mol. The molecule has 0 saturated carbocycles. The minimum atomic E-state index is -3.99. The number of benzene rings is 2. The van der Waals surface area contributed by atoms with Gasteiger partial charge in [0.25, 0.3) is 5.91 Å². The van der Waals surface area contributed by atoms with Gasteiger partial charge >= 0.3 is 0 Å². The normalized spacial score (nSPS) is 19.6. The van der Waals surface area contributed by atoms with Crippen LogP contribution in [0.2, 0.25) is 0 Å². The van der Waals surface area contributed by atoms with Crippen molar-refractivity contribution < 1.29 is 17.6 Å². The molecule has 184 valence electrons.